The summed E-state index contributed by atoms with van der Waals surface area (Å²) in [6.45, 7) is 0. The minimum absolute atomic E-state index is 0.874. The molecule has 2 aromatic heterocycles. The summed E-state index contributed by atoms with van der Waals surface area (Å²) in [6.07, 6.45) is 0. The van der Waals surface area contributed by atoms with Crippen LogP contribution in [0.4, 0.5) is 51.2 Å². The zero-order chi connectivity index (χ0) is 41.7. The van der Waals surface area contributed by atoms with E-state index in [-0.39, 0.29) is 0 Å². The highest BCUT2D eigenvalue weighted by atomic mass is 32.1. The fourth-order valence-corrected chi connectivity index (χ4v) is 10.3. The number of rotatable bonds is 9. The van der Waals surface area contributed by atoms with E-state index in [9.17, 15) is 0 Å². The van der Waals surface area contributed by atoms with Crippen molar-refractivity contribution in [3.63, 3.8) is 0 Å². The molecule has 10 aromatic carbocycles. The van der Waals surface area contributed by atoms with Gasteiger partial charge in [0.05, 0.1) is 0 Å². The van der Waals surface area contributed by atoms with Gasteiger partial charge < -0.3 is 19.1 Å². The predicted octanol–water partition coefficient (Wildman–Crippen LogP) is 17.5. The summed E-state index contributed by atoms with van der Waals surface area (Å²) in [4.78, 5) is 7.05. The summed E-state index contributed by atoms with van der Waals surface area (Å²) in [5, 5.41) is 7.37. The van der Waals surface area contributed by atoms with Crippen molar-refractivity contribution >= 4 is 115 Å². The van der Waals surface area contributed by atoms with E-state index in [1.807, 2.05) is 23.5 Å². The Morgan fingerprint density at radius 3 is 1.33 bits per heavy atom. The standard InChI is InChI=1S/C58H39N3OS/c1-4-17-41(18-5-1)59(44-23-14-25-46(36-44)60(42-19-6-2-7-20-42)48-32-34-55-53(38-48)51-28-12-13-29-54(51)62-55)45-24-15-26-47(37-45)61(43-21-8-3-9-22-43)49-31-33-52-57(39-49)63-56-35-30-40-16-10-11-27-50(40)58(52)56/h1-39H. The molecule has 0 N–H and O–H groups in total. The largest absolute Gasteiger partial charge is 0.456 e. The van der Waals surface area contributed by atoms with Gasteiger partial charge in [-0.05, 0) is 126 Å². The molecule has 0 fully saturated rings. The zero-order valence-corrected chi connectivity index (χ0v) is 35.0. The van der Waals surface area contributed by atoms with Crippen molar-refractivity contribution in [1.82, 2.24) is 0 Å². The third kappa shape index (κ3) is 6.54. The Morgan fingerprint density at radius 2 is 0.730 bits per heavy atom. The summed E-state index contributed by atoms with van der Waals surface area (Å²) < 4.78 is 8.81. The first kappa shape index (κ1) is 36.7. The van der Waals surface area contributed by atoms with Gasteiger partial charge in [0.15, 0.2) is 0 Å². The minimum atomic E-state index is 0.874. The lowest BCUT2D eigenvalue weighted by molar-refractivity contribution is 0.669. The van der Waals surface area contributed by atoms with Crippen LogP contribution in [0.5, 0.6) is 0 Å². The van der Waals surface area contributed by atoms with Crippen LogP contribution >= 0.6 is 11.3 Å². The summed E-state index contributed by atoms with van der Waals surface area (Å²) in [6, 6.07) is 84.6. The summed E-state index contributed by atoms with van der Waals surface area (Å²) in [5.41, 5.74) is 11.3. The Bertz CT molecular complexity index is 3600. The molecule has 0 unspecified atom stereocenters. The monoisotopic (exact) mass is 825 g/mol. The van der Waals surface area contributed by atoms with Crippen molar-refractivity contribution < 1.29 is 4.42 Å². The molecule has 298 valence electrons. The van der Waals surface area contributed by atoms with Gasteiger partial charge in [0, 0.05) is 82.1 Å². The molecule has 0 saturated carbocycles. The molecule has 0 spiro atoms. The molecule has 63 heavy (non-hydrogen) atoms. The number of furan rings is 1. The number of benzene rings is 10. The quantitative estimate of drug-likeness (QED) is 0.145. The van der Waals surface area contributed by atoms with Crippen molar-refractivity contribution in [3.8, 4) is 0 Å². The van der Waals surface area contributed by atoms with E-state index in [0.29, 0.717) is 0 Å². The van der Waals surface area contributed by atoms with Crippen LogP contribution in [0.2, 0.25) is 0 Å². The van der Waals surface area contributed by atoms with E-state index < -0.39 is 0 Å². The topological polar surface area (TPSA) is 22.9 Å². The summed E-state index contributed by atoms with van der Waals surface area (Å²) in [7, 11) is 0. The van der Waals surface area contributed by atoms with Gasteiger partial charge in [-0.3, -0.25) is 0 Å². The first-order valence-corrected chi connectivity index (χ1v) is 22.1. The average Bonchev–Trinajstić information content (AvgIpc) is 3.91. The van der Waals surface area contributed by atoms with Crippen LogP contribution in [0.3, 0.4) is 0 Å². The van der Waals surface area contributed by atoms with Crippen LogP contribution in [0.25, 0.3) is 52.9 Å². The van der Waals surface area contributed by atoms with Crippen LogP contribution in [-0.2, 0) is 0 Å². The summed E-state index contributed by atoms with van der Waals surface area (Å²) in [5.74, 6) is 0. The van der Waals surface area contributed by atoms with Gasteiger partial charge in [-0.25, -0.2) is 0 Å². The van der Waals surface area contributed by atoms with Crippen molar-refractivity contribution in [2.45, 2.75) is 0 Å². The van der Waals surface area contributed by atoms with Crippen LogP contribution in [0.15, 0.2) is 241 Å². The smallest absolute Gasteiger partial charge is 0.135 e. The maximum Gasteiger partial charge on any atom is 0.135 e. The highest BCUT2D eigenvalue weighted by Gasteiger charge is 2.21. The molecule has 0 aliphatic heterocycles. The van der Waals surface area contributed by atoms with Gasteiger partial charge >= 0.3 is 0 Å². The Morgan fingerprint density at radius 1 is 0.270 bits per heavy atom. The van der Waals surface area contributed by atoms with Crippen LogP contribution in [-0.4, -0.2) is 0 Å². The second-order valence-corrected chi connectivity index (χ2v) is 16.9. The molecule has 0 amide bonds. The minimum Gasteiger partial charge on any atom is -0.456 e. The molecule has 0 aliphatic rings. The van der Waals surface area contributed by atoms with Gasteiger partial charge in [-0.1, -0.05) is 121 Å². The molecule has 12 rings (SSSR count). The molecular formula is C58H39N3OS. The van der Waals surface area contributed by atoms with E-state index in [1.54, 1.807) is 0 Å². The molecule has 4 nitrogen and oxygen atoms in total. The summed E-state index contributed by atoms with van der Waals surface area (Å²) >= 11 is 1.86. The van der Waals surface area contributed by atoms with Crippen molar-refractivity contribution in [3.05, 3.63) is 237 Å². The second-order valence-electron chi connectivity index (χ2n) is 15.8. The molecular weight excluding hydrogens is 787 g/mol. The van der Waals surface area contributed by atoms with Gasteiger partial charge in [-0.15, -0.1) is 11.3 Å². The molecule has 0 atom stereocenters. The maximum atomic E-state index is 6.25. The Hall–Kier alpha value is -8.12. The third-order valence-corrected chi connectivity index (χ3v) is 13.1. The predicted molar refractivity (Wildman–Crippen MR) is 268 cm³/mol. The Labute approximate surface area is 369 Å². The number of hydrogen-bond acceptors (Lipinski definition) is 5. The SMILES string of the molecule is c1ccc(N(c2cccc(N(c3ccccc3)c3ccc4c(c3)sc3ccc5ccccc5c34)c2)c2cccc(N(c3ccccc3)c3ccc4oc5ccccc5c4c3)c2)cc1. The fourth-order valence-electron chi connectivity index (χ4n) is 9.14. The average molecular weight is 826 g/mol. The van der Waals surface area contributed by atoms with Gasteiger partial charge in [-0.2, -0.15) is 0 Å². The molecule has 0 radical (unpaired) electrons. The number of hydrogen-bond donors (Lipinski definition) is 0. The lowest BCUT2D eigenvalue weighted by atomic mass is 10.0. The first-order chi connectivity index (χ1) is 31.2. The van der Waals surface area contributed by atoms with Crippen molar-refractivity contribution in [2.75, 3.05) is 14.7 Å². The van der Waals surface area contributed by atoms with E-state index in [0.717, 1.165) is 73.1 Å². The van der Waals surface area contributed by atoms with Crippen molar-refractivity contribution in [2.24, 2.45) is 0 Å². The number of para-hydroxylation sites is 4. The molecule has 0 saturated heterocycles. The number of nitrogens with zero attached hydrogens (tertiary/aromatic N) is 3. The van der Waals surface area contributed by atoms with E-state index in [2.05, 4.69) is 239 Å². The maximum absolute atomic E-state index is 6.25. The molecule has 12 aromatic rings. The van der Waals surface area contributed by atoms with E-state index in [1.165, 1.54) is 30.9 Å². The Kier molecular flexibility index (Phi) is 8.98. The third-order valence-electron chi connectivity index (χ3n) is 12.0. The highest BCUT2D eigenvalue weighted by Crippen LogP contribution is 2.46. The zero-order valence-electron chi connectivity index (χ0n) is 34.2. The number of fused-ring (bicyclic) bond motifs is 8. The fraction of sp³-hybridized carbons (Fsp3) is 0. The van der Waals surface area contributed by atoms with Gasteiger partial charge in [0.2, 0.25) is 0 Å². The highest BCUT2D eigenvalue weighted by molar-refractivity contribution is 7.26. The normalized spacial score (nSPS) is 11.5. The van der Waals surface area contributed by atoms with Gasteiger partial charge in [0.1, 0.15) is 11.2 Å². The lowest BCUT2D eigenvalue weighted by Crippen LogP contribution is -2.14. The van der Waals surface area contributed by atoms with Crippen LogP contribution < -0.4 is 14.7 Å². The molecule has 2 heterocycles. The lowest BCUT2D eigenvalue weighted by Gasteiger charge is -2.31. The van der Waals surface area contributed by atoms with E-state index >= 15 is 0 Å². The number of thiophene rings is 1. The van der Waals surface area contributed by atoms with Gasteiger partial charge in [0.25, 0.3) is 0 Å². The molecule has 0 aliphatic carbocycles. The van der Waals surface area contributed by atoms with Crippen molar-refractivity contribution in [1.29, 1.82) is 0 Å². The Balaban J connectivity index is 0.990. The van der Waals surface area contributed by atoms with Crippen LogP contribution in [0, 0.1) is 0 Å². The van der Waals surface area contributed by atoms with E-state index in [4.69, 9.17) is 4.42 Å². The molecule has 0 bridgehead atoms. The number of anilines is 9. The second kappa shape index (κ2) is 15.4. The first-order valence-electron chi connectivity index (χ1n) is 21.2. The molecule has 5 heteroatoms. The van der Waals surface area contributed by atoms with Crippen LogP contribution in [0.1, 0.15) is 0 Å².